The van der Waals surface area contributed by atoms with E-state index in [0.717, 1.165) is 12.1 Å². The number of allylic oxidation sites excluding steroid dienone is 2. The molecule has 3 N–H and O–H groups in total. The van der Waals surface area contributed by atoms with Crippen LogP contribution in [-0.4, -0.2) is 11.1 Å². The van der Waals surface area contributed by atoms with Crippen molar-refractivity contribution in [1.82, 2.24) is 5.43 Å². The Hall–Kier alpha value is -2.21. The molecule has 7 heteroatoms. The van der Waals surface area contributed by atoms with Gasteiger partial charge in [-0.05, 0) is 24.3 Å². The maximum atomic E-state index is 13.7. The van der Waals surface area contributed by atoms with Crippen molar-refractivity contribution in [2.45, 2.75) is 0 Å². The Labute approximate surface area is 112 Å². The highest BCUT2D eigenvalue weighted by molar-refractivity contribution is 6.68. The van der Waals surface area contributed by atoms with Crippen molar-refractivity contribution < 1.29 is 13.6 Å². The molecule has 1 aliphatic heterocycles. The molecule has 0 radical (unpaired) electrons. The van der Waals surface area contributed by atoms with Crippen molar-refractivity contribution in [1.29, 1.82) is 0 Å². The average molecular weight is 284 g/mol. The summed E-state index contributed by atoms with van der Waals surface area (Å²) in [5, 5.41) is 3.77. The van der Waals surface area contributed by atoms with Crippen LogP contribution in [0.25, 0.3) is 5.57 Å². The van der Waals surface area contributed by atoms with Gasteiger partial charge in [-0.2, -0.15) is 5.10 Å². The number of hydrazone groups is 1. The summed E-state index contributed by atoms with van der Waals surface area (Å²) in [5.41, 5.74) is 6.84. The van der Waals surface area contributed by atoms with Gasteiger partial charge in [-0.15, -0.1) is 0 Å². The van der Waals surface area contributed by atoms with Crippen LogP contribution in [0.5, 0.6) is 0 Å². The smallest absolute Gasteiger partial charge is 0.251 e. The van der Waals surface area contributed by atoms with Crippen molar-refractivity contribution in [2.75, 3.05) is 0 Å². The molecule has 0 bridgehead atoms. The molecular weight excluding hydrogens is 276 g/mol. The molecule has 1 aromatic rings. The second-order valence-corrected chi connectivity index (χ2v) is 4.02. The predicted molar refractivity (Wildman–Crippen MR) is 68.0 cm³/mol. The van der Waals surface area contributed by atoms with Crippen LogP contribution in [0.15, 0.2) is 41.1 Å². The van der Waals surface area contributed by atoms with Crippen molar-refractivity contribution in [3.8, 4) is 0 Å². The van der Waals surface area contributed by atoms with E-state index in [-0.39, 0.29) is 16.4 Å². The number of benzene rings is 1. The van der Waals surface area contributed by atoms with Crippen LogP contribution < -0.4 is 11.2 Å². The van der Waals surface area contributed by atoms with E-state index in [1.165, 1.54) is 18.2 Å². The van der Waals surface area contributed by atoms with E-state index in [9.17, 15) is 13.6 Å². The summed E-state index contributed by atoms with van der Waals surface area (Å²) in [5.74, 6) is -2.77. The Bertz CT molecular complexity index is 618. The summed E-state index contributed by atoms with van der Waals surface area (Å²) in [4.78, 5) is 11.5. The standard InChI is InChI=1S/C12H8ClF2N3O/c13-9-5-4-8(17-18-9)11(12(16)19)10-6(14)2-1-3-7(10)15/h1-5,17H,(H2,16,19)/b11-8-. The molecule has 0 aliphatic carbocycles. The number of nitrogens with two attached hydrogens (primary N) is 1. The lowest BCUT2D eigenvalue weighted by Gasteiger charge is -2.13. The Morgan fingerprint density at radius 2 is 1.89 bits per heavy atom. The van der Waals surface area contributed by atoms with E-state index in [1.54, 1.807) is 0 Å². The topological polar surface area (TPSA) is 67.5 Å². The largest absolute Gasteiger partial charge is 0.366 e. The van der Waals surface area contributed by atoms with E-state index in [2.05, 4.69) is 10.5 Å². The minimum absolute atomic E-state index is 0.0703. The number of carbonyl (C=O) groups is 1. The van der Waals surface area contributed by atoms with Gasteiger partial charge in [-0.1, -0.05) is 17.7 Å². The van der Waals surface area contributed by atoms with Crippen LogP contribution >= 0.6 is 11.6 Å². The molecule has 2 rings (SSSR count). The van der Waals surface area contributed by atoms with Gasteiger partial charge in [0, 0.05) is 0 Å². The van der Waals surface area contributed by atoms with E-state index in [0.29, 0.717) is 0 Å². The van der Waals surface area contributed by atoms with Crippen molar-refractivity contribution >= 4 is 28.3 Å². The molecule has 1 heterocycles. The average Bonchev–Trinajstić information content (AvgIpc) is 2.35. The zero-order valence-electron chi connectivity index (χ0n) is 9.45. The van der Waals surface area contributed by atoms with Crippen LogP contribution in [0.2, 0.25) is 0 Å². The summed E-state index contributed by atoms with van der Waals surface area (Å²) >= 11 is 5.59. The minimum atomic E-state index is -0.982. The number of nitrogens with zero attached hydrogens (tertiary/aromatic N) is 1. The van der Waals surface area contributed by atoms with Crippen LogP contribution in [0, 0.1) is 11.6 Å². The fraction of sp³-hybridized carbons (Fsp3) is 0. The van der Waals surface area contributed by atoms with E-state index < -0.39 is 23.1 Å². The molecule has 0 saturated carbocycles. The molecule has 1 aromatic carbocycles. The van der Waals surface area contributed by atoms with Gasteiger partial charge in [0.25, 0.3) is 5.91 Å². The van der Waals surface area contributed by atoms with Gasteiger partial charge in [0.15, 0.2) is 0 Å². The zero-order valence-corrected chi connectivity index (χ0v) is 10.2. The number of nitrogens with one attached hydrogen (secondary N) is 1. The molecule has 1 amide bonds. The number of hydrogen-bond acceptors (Lipinski definition) is 3. The van der Waals surface area contributed by atoms with Crippen molar-refractivity contribution in [3.05, 3.63) is 53.2 Å². The fourth-order valence-corrected chi connectivity index (χ4v) is 1.71. The lowest BCUT2D eigenvalue weighted by Crippen LogP contribution is -2.22. The van der Waals surface area contributed by atoms with E-state index in [4.69, 9.17) is 17.3 Å². The summed E-state index contributed by atoms with van der Waals surface area (Å²) in [7, 11) is 0. The van der Waals surface area contributed by atoms with Crippen LogP contribution in [0.3, 0.4) is 0 Å². The fourth-order valence-electron chi connectivity index (χ4n) is 1.61. The first-order valence-electron chi connectivity index (χ1n) is 5.16. The summed E-state index contributed by atoms with van der Waals surface area (Å²) in [6.07, 6.45) is 2.73. The highest BCUT2D eigenvalue weighted by atomic mass is 35.5. The molecule has 0 spiro atoms. The molecule has 98 valence electrons. The van der Waals surface area contributed by atoms with Crippen molar-refractivity contribution in [3.63, 3.8) is 0 Å². The third-order valence-electron chi connectivity index (χ3n) is 2.40. The summed E-state index contributed by atoms with van der Waals surface area (Å²) < 4.78 is 27.4. The SMILES string of the molecule is NC(=O)/C(=C1/C=CC(Cl)=NN1)c1c(F)cccc1F. The van der Waals surface area contributed by atoms with Gasteiger partial charge in [0.05, 0.1) is 16.8 Å². The first-order chi connectivity index (χ1) is 9.00. The first kappa shape index (κ1) is 13.2. The second kappa shape index (κ2) is 5.19. The Morgan fingerprint density at radius 1 is 1.26 bits per heavy atom. The molecule has 0 aromatic heterocycles. The number of halogens is 3. The molecule has 19 heavy (non-hydrogen) atoms. The van der Waals surface area contributed by atoms with Gasteiger partial charge in [0.2, 0.25) is 0 Å². The maximum Gasteiger partial charge on any atom is 0.251 e. The highest BCUT2D eigenvalue weighted by Gasteiger charge is 2.22. The first-order valence-corrected chi connectivity index (χ1v) is 5.54. The van der Waals surface area contributed by atoms with Crippen LogP contribution in [0.1, 0.15) is 5.56 Å². The predicted octanol–water partition coefficient (Wildman–Crippen LogP) is 1.87. The molecule has 0 atom stereocenters. The quantitative estimate of drug-likeness (QED) is 0.814. The Morgan fingerprint density at radius 3 is 2.37 bits per heavy atom. The van der Waals surface area contributed by atoms with Gasteiger partial charge in [0.1, 0.15) is 16.8 Å². The monoisotopic (exact) mass is 283 g/mol. The number of hydrogen-bond donors (Lipinski definition) is 2. The second-order valence-electron chi connectivity index (χ2n) is 3.63. The van der Waals surface area contributed by atoms with E-state index >= 15 is 0 Å². The molecular formula is C12H8ClF2N3O. The molecule has 4 nitrogen and oxygen atoms in total. The van der Waals surface area contributed by atoms with Gasteiger partial charge in [-0.3, -0.25) is 10.2 Å². The summed E-state index contributed by atoms with van der Waals surface area (Å²) in [6, 6.07) is 3.26. The van der Waals surface area contributed by atoms with Gasteiger partial charge in [-0.25, -0.2) is 8.78 Å². The normalized spacial score (nSPS) is 16.7. The van der Waals surface area contributed by atoms with Gasteiger partial charge >= 0.3 is 0 Å². The highest BCUT2D eigenvalue weighted by Crippen LogP contribution is 2.25. The third-order valence-corrected chi connectivity index (χ3v) is 2.61. The lowest BCUT2D eigenvalue weighted by molar-refractivity contribution is -0.112. The minimum Gasteiger partial charge on any atom is -0.366 e. The zero-order chi connectivity index (χ0) is 14.0. The molecule has 0 saturated heterocycles. The summed E-state index contributed by atoms with van der Waals surface area (Å²) in [6.45, 7) is 0. The molecule has 1 aliphatic rings. The van der Waals surface area contributed by atoms with Crippen LogP contribution in [0.4, 0.5) is 8.78 Å². The number of primary amides is 1. The Balaban J connectivity index is 2.64. The number of rotatable bonds is 2. The van der Waals surface area contributed by atoms with Crippen molar-refractivity contribution in [2.24, 2.45) is 10.8 Å². The number of carbonyl (C=O) groups excluding carboxylic acids is 1. The molecule has 0 fully saturated rings. The maximum absolute atomic E-state index is 13.7. The Kier molecular flexibility index (Phi) is 3.62. The third kappa shape index (κ3) is 2.63. The molecule has 0 unspecified atom stereocenters. The lowest BCUT2D eigenvalue weighted by atomic mass is 10.0. The van der Waals surface area contributed by atoms with E-state index in [1.807, 2.05) is 0 Å². The number of amides is 1. The van der Waals surface area contributed by atoms with Gasteiger partial charge < -0.3 is 5.73 Å². The van der Waals surface area contributed by atoms with Crippen LogP contribution in [-0.2, 0) is 4.79 Å².